The zero-order valence-electron chi connectivity index (χ0n) is 26.4. The van der Waals surface area contributed by atoms with Crippen LogP contribution in [0.3, 0.4) is 0 Å². The van der Waals surface area contributed by atoms with Crippen LogP contribution in [0.15, 0.2) is 115 Å². The third-order valence-electron chi connectivity index (χ3n) is 8.83. The Morgan fingerprint density at radius 1 is 0.519 bits per heavy atom. The van der Waals surface area contributed by atoms with E-state index >= 15 is 22.0 Å². The van der Waals surface area contributed by atoms with Crippen LogP contribution in [0.25, 0.3) is 77.6 Å². The summed E-state index contributed by atoms with van der Waals surface area (Å²) < 4.78 is 107. The molecule has 0 atom stereocenters. The minimum Gasteiger partial charge on any atom is -0.247 e. The normalized spacial score (nSPS) is 11.7. The number of rotatable bonds is 4. The molecule has 0 radical (unpaired) electrons. The van der Waals surface area contributed by atoms with Crippen LogP contribution in [-0.4, -0.2) is 15.0 Å². The molecule has 0 saturated carbocycles. The summed E-state index contributed by atoms with van der Waals surface area (Å²) in [6.07, 6.45) is -5.02. The summed E-state index contributed by atoms with van der Waals surface area (Å²) >= 11 is 0. The van der Waals surface area contributed by atoms with Crippen molar-refractivity contribution >= 4 is 32.7 Å². The van der Waals surface area contributed by atoms with Gasteiger partial charge in [-0.1, -0.05) is 103 Å². The van der Waals surface area contributed by atoms with E-state index in [1.807, 2.05) is 6.07 Å². The Hall–Kier alpha value is -6.67. The van der Waals surface area contributed by atoms with Crippen molar-refractivity contribution in [1.29, 1.82) is 5.26 Å². The molecule has 4 nitrogen and oxygen atoms in total. The molecule has 8 aromatic rings. The van der Waals surface area contributed by atoms with Gasteiger partial charge in [0.05, 0.1) is 44.8 Å². The molecule has 8 rings (SSSR count). The number of hydrogen-bond acceptors (Lipinski definition) is 4. The maximum atomic E-state index is 15.5. The maximum Gasteiger partial charge on any atom is 0.417 e. The van der Waals surface area contributed by atoms with Gasteiger partial charge in [0.25, 0.3) is 0 Å². The molecule has 6 aromatic carbocycles. The molecule has 0 amide bonds. The van der Waals surface area contributed by atoms with Gasteiger partial charge in [-0.05, 0) is 17.7 Å². The molecule has 2 heterocycles. The Balaban J connectivity index is 1.57. The van der Waals surface area contributed by atoms with E-state index in [2.05, 4.69) is 4.98 Å². The molecule has 252 valence electrons. The second kappa shape index (κ2) is 12.3. The highest BCUT2D eigenvalue weighted by atomic mass is 19.4. The summed E-state index contributed by atoms with van der Waals surface area (Å²) in [4.78, 5) is 14.4. The lowest BCUT2D eigenvalue weighted by atomic mass is 9.89. The topological polar surface area (TPSA) is 62.5 Å². The lowest BCUT2D eigenvalue weighted by Gasteiger charge is -2.20. The summed E-state index contributed by atoms with van der Waals surface area (Å²) in [6.45, 7) is 0. The highest BCUT2D eigenvalue weighted by molar-refractivity contribution is 6.23. The van der Waals surface area contributed by atoms with Gasteiger partial charge < -0.3 is 0 Å². The molecule has 0 aliphatic carbocycles. The van der Waals surface area contributed by atoms with E-state index in [1.165, 1.54) is 18.2 Å². The SMILES string of the molecule is N#Cc1c(F)c(F)c(-c2ccccc2-c2nc3ccccc3c3c2c(C(F)(F)F)cc2nc(-c4ccccc4)c(-c4ccccc4)nc23)c(F)c1F. The first-order valence-electron chi connectivity index (χ1n) is 15.7. The molecule has 2 aromatic heterocycles. The number of pyridine rings is 1. The molecule has 0 unspecified atom stereocenters. The number of hydrogen-bond donors (Lipinski definition) is 0. The lowest BCUT2D eigenvalue weighted by Crippen LogP contribution is -2.09. The van der Waals surface area contributed by atoms with E-state index in [-0.39, 0.29) is 38.6 Å². The van der Waals surface area contributed by atoms with E-state index in [9.17, 15) is 8.78 Å². The zero-order chi connectivity index (χ0) is 36.3. The number of nitriles is 1. The van der Waals surface area contributed by atoms with Gasteiger partial charge in [-0.15, -0.1) is 0 Å². The Morgan fingerprint density at radius 3 is 1.63 bits per heavy atom. The van der Waals surface area contributed by atoms with Crippen LogP contribution in [0.2, 0.25) is 0 Å². The standard InChI is InChI=1S/C41H19F7N4/c42-33-26(20-49)34(43)36(45)31(35(33)44)23-15-7-8-16-24(23)39-32-27(41(46,47)48)19-29-40(30(32)25-17-9-10-18-28(25)50-39)52-38(22-13-5-2-6-14-22)37(51-29)21-11-3-1-4-12-21/h1-19H. The smallest absolute Gasteiger partial charge is 0.247 e. The van der Waals surface area contributed by atoms with E-state index < -0.39 is 57.1 Å². The van der Waals surface area contributed by atoms with E-state index in [0.29, 0.717) is 22.5 Å². The maximum absolute atomic E-state index is 15.5. The number of benzene rings is 6. The second-order valence-electron chi connectivity index (χ2n) is 11.8. The van der Waals surface area contributed by atoms with Crippen LogP contribution in [0.1, 0.15) is 11.1 Å². The first-order valence-corrected chi connectivity index (χ1v) is 15.7. The Labute approximate surface area is 290 Å². The first-order chi connectivity index (χ1) is 25.1. The Morgan fingerprint density at radius 2 is 1.04 bits per heavy atom. The van der Waals surface area contributed by atoms with Crippen molar-refractivity contribution in [3.63, 3.8) is 0 Å². The highest BCUT2D eigenvalue weighted by Crippen LogP contribution is 2.47. The fraction of sp³-hybridized carbons (Fsp3) is 0.0244. The van der Waals surface area contributed by atoms with Gasteiger partial charge >= 0.3 is 6.18 Å². The van der Waals surface area contributed by atoms with Crippen LogP contribution in [0.4, 0.5) is 30.7 Å². The van der Waals surface area contributed by atoms with Crippen LogP contribution in [0.5, 0.6) is 0 Å². The summed E-state index contributed by atoms with van der Waals surface area (Å²) in [5.74, 6) is -7.66. The van der Waals surface area contributed by atoms with Gasteiger partial charge in [0.2, 0.25) is 0 Å². The molecule has 0 saturated heterocycles. The van der Waals surface area contributed by atoms with Crippen molar-refractivity contribution in [2.45, 2.75) is 6.18 Å². The van der Waals surface area contributed by atoms with Crippen molar-refractivity contribution in [2.75, 3.05) is 0 Å². The third kappa shape index (κ3) is 5.10. The number of halogens is 7. The van der Waals surface area contributed by atoms with Crippen LogP contribution >= 0.6 is 0 Å². The van der Waals surface area contributed by atoms with E-state index in [4.69, 9.17) is 15.2 Å². The van der Waals surface area contributed by atoms with Crippen molar-refractivity contribution < 1.29 is 30.7 Å². The minimum atomic E-state index is -5.02. The van der Waals surface area contributed by atoms with Crippen LogP contribution in [0, 0.1) is 34.6 Å². The number of fused-ring (bicyclic) bond motifs is 5. The third-order valence-corrected chi connectivity index (χ3v) is 8.83. The number of para-hydroxylation sites is 1. The quantitative estimate of drug-likeness (QED) is 0.104. The number of aromatic nitrogens is 3. The van der Waals surface area contributed by atoms with Crippen LogP contribution in [-0.2, 0) is 6.18 Å². The molecular weight excluding hydrogens is 681 g/mol. The van der Waals surface area contributed by atoms with Gasteiger partial charge in [0, 0.05) is 32.8 Å². The fourth-order valence-electron chi connectivity index (χ4n) is 6.55. The summed E-state index contributed by atoms with van der Waals surface area (Å²) in [5.41, 5.74) is -2.79. The predicted molar refractivity (Wildman–Crippen MR) is 184 cm³/mol. The highest BCUT2D eigenvalue weighted by Gasteiger charge is 2.37. The van der Waals surface area contributed by atoms with Crippen molar-refractivity contribution in [1.82, 2.24) is 15.0 Å². The summed E-state index contributed by atoms with van der Waals surface area (Å²) in [6, 6.07) is 31.3. The molecular formula is C41H19F7N4. The zero-order valence-corrected chi connectivity index (χ0v) is 26.4. The Bertz CT molecular complexity index is 2750. The lowest BCUT2D eigenvalue weighted by molar-refractivity contribution is -0.136. The van der Waals surface area contributed by atoms with E-state index in [0.717, 1.165) is 18.2 Å². The fourth-order valence-corrected chi connectivity index (χ4v) is 6.55. The summed E-state index contributed by atoms with van der Waals surface area (Å²) in [5, 5.41) is 8.95. The predicted octanol–water partition coefficient (Wildman–Crippen LogP) is 11.4. The molecule has 0 bridgehead atoms. The van der Waals surface area contributed by atoms with Gasteiger partial charge in [-0.2, -0.15) is 18.4 Å². The van der Waals surface area contributed by atoms with Gasteiger partial charge in [-0.3, -0.25) is 0 Å². The summed E-state index contributed by atoms with van der Waals surface area (Å²) in [7, 11) is 0. The largest absolute Gasteiger partial charge is 0.417 e. The van der Waals surface area contributed by atoms with Crippen molar-refractivity contribution in [3.05, 3.63) is 150 Å². The van der Waals surface area contributed by atoms with Crippen LogP contribution < -0.4 is 0 Å². The molecule has 52 heavy (non-hydrogen) atoms. The molecule has 0 fully saturated rings. The number of alkyl halides is 3. The average Bonchev–Trinajstić information content (AvgIpc) is 3.16. The minimum absolute atomic E-state index is 0.00246. The molecule has 0 aliphatic rings. The molecule has 0 N–H and O–H groups in total. The monoisotopic (exact) mass is 700 g/mol. The first kappa shape index (κ1) is 32.5. The van der Waals surface area contributed by atoms with Gasteiger partial charge in [-0.25, -0.2) is 32.5 Å². The van der Waals surface area contributed by atoms with Crippen molar-refractivity contribution in [2.24, 2.45) is 0 Å². The van der Waals surface area contributed by atoms with E-state index in [1.54, 1.807) is 78.9 Å². The second-order valence-corrected chi connectivity index (χ2v) is 11.8. The van der Waals surface area contributed by atoms with Crippen molar-refractivity contribution in [3.8, 4) is 51.0 Å². The number of nitrogens with zero attached hydrogens (tertiary/aromatic N) is 4. The average molecular weight is 701 g/mol. The Kier molecular flexibility index (Phi) is 7.68. The van der Waals surface area contributed by atoms with Gasteiger partial charge in [0.15, 0.2) is 23.3 Å². The molecule has 0 aliphatic heterocycles. The van der Waals surface area contributed by atoms with Gasteiger partial charge in [0.1, 0.15) is 11.6 Å². The molecule has 0 spiro atoms. The molecule has 11 heteroatoms.